The summed E-state index contributed by atoms with van der Waals surface area (Å²) in [6.45, 7) is 4.30. The van der Waals surface area contributed by atoms with E-state index < -0.39 is 0 Å². The molecule has 1 aromatic carbocycles. The number of anilines is 1. The van der Waals surface area contributed by atoms with Gasteiger partial charge in [0.05, 0.1) is 10.2 Å². The normalized spacial score (nSPS) is 11.1. The Kier molecular flexibility index (Phi) is 3.64. The smallest absolute Gasteiger partial charge is 0.241 e. The van der Waals surface area contributed by atoms with E-state index in [0.29, 0.717) is 11.0 Å². The van der Waals surface area contributed by atoms with Crippen LogP contribution >= 0.6 is 22.9 Å². The Hall–Kier alpha value is -1.13. The topological polar surface area (TPSA) is 42.0 Å². The zero-order chi connectivity index (χ0) is 12.4. The number of fused-ring (bicyclic) bond motifs is 1. The molecule has 1 heterocycles. The van der Waals surface area contributed by atoms with Crippen LogP contribution in [0.3, 0.4) is 0 Å². The maximum absolute atomic E-state index is 11.2. The van der Waals surface area contributed by atoms with Crippen molar-refractivity contribution in [1.82, 2.24) is 4.98 Å². The molecule has 17 heavy (non-hydrogen) atoms. The summed E-state index contributed by atoms with van der Waals surface area (Å²) < 4.78 is 1.08. The second-order valence-corrected chi connectivity index (χ2v) is 5.38. The standard InChI is InChI=1S/C12H13ClN2OS/c1-7(2)8-3-4-9-10(5-8)17-12(14-9)15-11(16)6-13/h3-5,7H,6H2,1-2H3,(H,14,15,16). The van der Waals surface area contributed by atoms with Crippen LogP contribution in [-0.4, -0.2) is 16.8 Å². The molecule has 0 aliphatic carbocycles. The lowest BCUT2D eigenvalue weighted by atomic mass is 10.0. The van der Waals surface area contributed by atoms with Gasteiger partial charge in [0.25, 0.3) is 0 Å². The van der Waals surface area contributed by atoms with Crippen molar-refractivity contribution in [2.75, 3.05) is 11.2 Å². The number of nitrogens with one attached hydrogen (secondary N) is 1. The highest BCUT2D eigenvalue weighted by Gasteiger charge is 2.08. The molecule has 90 valence electrons. The molecule has 0 atom stereocenters. The second kappa shape index (κ2) is 5.02. The fraction of sp³-hybridized carbons (Fsp3) is 0.333. The molecule has 2 rings (SSSR count). The predicted octanol–water partition coefficient (Wildman–Crippen LogP) is 3.60. The number of benzene rings is 1. The summed E-state index contributed by atoms with van der Waals surface area (Å²) in [6, 6.07) is 6.17. The number of amides is 1. The van der Waals surface area contributed by atoms with Gasteiger partial charge in [-0.25, -0.2) is 4.98 Å². The first-order valence-electron chi connectivity index (χ1n) is 5.36. The van der Waals surface area contributed by atoms with Gasteiger partial charge in [-0.15, -0.1) is 11.6 Å². The molecule has 1 amide bonds. The number of rotatable bonds is 3. The molecule has 0 spiro atoms. The van der Waals surface area contributed by atoms with Gasteiger partial charge in [-0.05, 0) is 23.6 Å². The quantitative estimate of drug-likeness (QED) is 0.865. The SMILES string of the molecule is CC(C)c1ccc2nc(NC(=O)CCl)sc2c1. The number of halogens is 1. The van der Waals surface area contributed by atoms with Crippen LogP contribution < -0.4 is 5.32 Å². The number of aromatic nitrogens is 1. The average Bonchev–Trinajstić information content (AvgIpc) is 2.69. The van der Waals surface area contributed by atoms with Gasteiger partial charge in [0.15, 0.2) is 5.13 Å². The predicted molar refractivity (Wildman–Crippen MR) is 73.1 cm³/mol. The van der Waals surface area contributed by atoms with Crippen molar-refractivity contribution in [2.24, 2.45) is 0 Å². The van der Waals surface area contributed by atoms with Crippen molar-refractivity contribution < 1.29 is 4.79 Å². The number of hydrogen-bond donors (Lipinski definition) is 1. The van der Waals surface area contributed by atoms with Crippen LogP contribution in [0.15, 0.2) is 18.2 Å². The number of carbonyl (C=O) groups is 1. The molecule has 5 heteroatoms. The molecular formula is C12H13ClN2OS. The van der Waals surface area contributed by atoms with E-state index >= 15 is 0 Å². The highest BCUT2D eigenvalue weighted by molar-refractivity contribution is 7.22. The second-order valence-electron chi connectivity index (χ2n) is 4.08. The van der Waals surface area contributed by atoms with Crippen LogP contribution in [0.2, 0.25) is 0 Å². The van der Waals surface area contributed by atoms with Crippen molar-refractivity contribution in [3.05, 3.63) is 23.8 Å². The fourth-order valence-corrected chi connectivity index (χ4v) is 2.50. The van der Waals surface area contributed by atoms with Gasteiger partial charge in [0.1, 0.15) is 5.88 Å². The maximum atomic E-state index is 11.2. The molecule has 2 aromatic rings. The molecule has 1 N–H and O–H groups in total. The Morgan fingerprint density at radius 3 is 2.94 bits per heavy atom. The third-order valence-electron chi connectivity index (χ3n) is 2.45. The zero-order valence-corrected chi connectivity index (χ0v) is 11.2. The van der Waals surface area contributed by atoms with E-state index in [1.54, 1.807) is 0 Å². The molecule has 0 bridgehead atoms. The molecule has 0 saturated carbocycles. The largest absolute Gasteiger partial charge is 0.301 e. The summed E-state index contributed by atoms with van der Waals surface area (Å²) in [5.41, 5.74) is 2.18. The maximum Gasteiger partial charge on any atom is 0.241 e. The van der Waals surface area contributed by atoms with E-state index in [2.05, 4.69) is 36.3 Å². The van der Waals surface area contributed by atoms with E-state index in [-0.39, 0.29) is 11.8 Å². The first-order valence-corrected chi connectivity index (χ1v) is 6.71. The highest BCUT2D eigenvalue weighted by atomic mass is 35.5. The van der Waals surface area contributed by atoms with Crippen LogP contribution in [0.5, 0.6) is 0 Å². The van der Waals surface area contributed by atoms with Gasteiger partial charge in [-0.3, -0.25) is 4.79 Å². The monoisotopic (exact) mass is 268 g/mol. The van der Waals surface area contributed by atoms with E-state index in [4.69, 9.17) is 11.6 Å². The molecule has 0 saturated heterocycles. The molecule has 0 aliphatic heterocycles. The van der Waals surface area contributed by atoms with Gasteiger partial charge in [-0.1, -0.05) is 31.3 Å². The first-order chi connectivity index (χ1) is 8.10. The third-order valence-corrected chi connectivity index (χ3v) is 3.62. The number of alkyl halides is 1. The van der Waals surface area contributed by atoms with Crippen LogP contribution in [0.25, 0.3) is 10.2 Å². The number of thiazole rings is 1. The highest BCUT2D eigenvalue weighted by Crippen LogP contribution is 2.28. The summed E-state index contributed by atoms with van der Waals surface area (Å²) in [6.07, 6.45) is 0. The minimum atomic E-state index is -0.227. The molecular weight excluding hydrogens is 256 g/mol. The van der Waals surface area contributed by atoms with Crippen LogP contribution in [-0.2, 0) is 4.79 Å². The van der Waals surface area contributed by atoms with Crippen molar-refractivity contribution >= 4 is 44.2 Å². The van der Waals surface area contributed by atoms with Gasteiger partial charge >= 0.3 is 0 Å². The molecule has 1 aromatic heterocycles. The Morgan fingerprint density at radius 1 is 1.53 bits per heavy atom. The lowest BCUT2D eigenvalue weighted by Crippen LogP contribution is -2.11. The number of nitrogens with zero attached hydrogens (tertiary/aromatic N) is 1. The lowest BCUT2D eigenvalue weighted by molar-refractivity contribution is -0.113. The lowest BCUT2D eigenvalue weighted by Gasteiger charge is -2.03. The van der Waals surface area contributed by atoms with E-state index in [1.807, 2.05) is 6.07 Å². The fourth-order valence-electron chi connectivity index (χ4n) is 1.51. The van der Waals surface area contributed by atoms with Gasteiger partial charge in [0.2, 0.25) is 5.91 Å². The summed E-state index contributed by atoms with van der Waals surface area (Å²) in [4.78, 5) is 15.5. The summed E-state index contributed by atoms with van der Waals surface area (Å²) in [5.74, 6) is 0.213. The Morgan fingerprint density at radius 2 is 2.29 bits per heavy atom. The summed E-state index contributed by atoms with van der Waals surface area (Å²) >= 11 is 6.90. The minimum Gasteiger partial charge on any atom is -0.301 e. The van der Waals surface area contributed by atoms with Crippen molar-refractivity contribution in [3.8, 4) is 0 Å². The minimum absolute atomic E-state index is 0.0484. The molecule has 3 nitrogen and oxygen atoms in total. The number of carbonyl (C=O) groups excluding carboxylic acids is 1. The van der Waals surface area contributed by atoms with Crippen molar-refractivity contribution in [2.45, 2.75) is 19.8 Å². The summed E-state index contributed by atoms with van der Waals surface area (Å²) in [7, 11) is 0. The molecule has 0 aliphatic rings. The van der Waals surface area contributed by atoms with Crippen LogP contribution in [0, 0.1) is 0 Å². The molecule has 0 radical (unpaired) electrons. The van der Waals surface area contributed by atoms with E-state index in [9.17, 15) is 4.79 Å². The van der Waals surface area contributed by atoms with Crippen LogP contribution in [0.1, 0.15) is 25.3 Å². The van der Waals surface area contributed by atoms with Crippen LogP contribution in [0.4, 0.5) is 5.13 Å². The molecule has 0 fully saturated rings. The van der Waals surface area contributed by atoms with Crippen molar-refractivity contribution in [3.63, 3.8) is 0 Å². The van der Waals surface area contributed by atoms with E-state index in [0.717, 1.165) is 10.2 Å². The third kappa shape index (κ3) is 2.76. The van der Waals surface area contributed by atoms with Gasteiger partial charge < -0.3 is 5.32 Å². The Labute approximate surface area is 109 Å². The zero-order valence-electron chi connectivity index (χ0n) is 9.66. The average molecular weight is 269 g/mol. The van der Waals surface area contributed by atoms with E-state index in [1.165, 1.54) is 16.9 Å². The Balaban J connectivity index is 2.33. The van der Waals surface area contributed by atoms with Crippen molar-refractivity contribution in [1.29, 1.82) is 0 Å². The summed E-state index contributed by atoms with van der Waals surface area (Å²) in [5, 5.41) is 3.27. The first kappa shape index (κ1) is 12.3. The Bertz CT molecular complexity index is 550. The van der Waals surface area contributed by atoms with Gasteiger partial charge in [-0.2, -0.15) is 0 Å². The molecule has 0 unspecified atom stereocenters. The number of hydrogen-bond acceptors (Lipinski definition) is 3. The van der Waals surface area contributed by atoms with Gasteiger partial charge in [0, 0.05) is 0 Å².